The lowest BCUT2D eigenvalue weighted by atomic mass is 10.00. The highest BCUT2D eigenvalue weighted by Crippen LogP contribution is 2.28. The van der Waals surface area contributed by atoms with Crippen molar-refractivity contribution >= 4 is 17.0 Å². The Bertz CT molecular complexity index is 1170. The molecule has 0 spiro atoms. The summed E-state index contributed by atoms with van der Waals surface area (Å²) >= 11 is 0. The third-order valence-corrected chi connectivity index (χ3v) is 4.66. The second-order valence-electron chi connectivity index (χ2n) is 6.54. The molecule has 0 amide bonds. The van der Waals surface area contributed by atoms with Gasteiger partial charge in [-0.05, 0) is 41.8 Å². The van der Waals surface area contributed by atoms with Crippen LogP contribution in [0.15, 0.2) is 94.2 Å². The molecule has 4 aromatic rings. The van der Waals surface area contributed by atoms with Crippen LogP contribution in [0.1, 0.15) is 11.1 Å². The smallest absolute Gasteiger partial charge is 0.344 e. The number of hydrogen-bond donors (Lipinski definition) is 0. The van der Waals surface area contributed by atoms with Crippen LogP contribution in [-0.2, 0) is 0 Å². The van der Waals surface area contributed by atoms with Gasteiger partial charge >= 0.3 is 5.63 Å². The Hall–Kier alpha value is -3.59. The van der Waals surface area contributed by atoms with Gasteiger partial charge in [0.1, 0.15) is 17.9 Å². The number of hydrogen-bond acceptors (Lipinski definition) is 3. The summed E-state index contributed by atoms with van der Waals surface area (Å²) in [5.41, 5.74) is 3.70. The Kier molecular flexibility index (Phi) is 5.07. The quantitative estimate of drug-likeness (QED) is 0.414. The average molecular weight is 368 g/mol. The Morgan fingerprint density at radius 2 is 1.64 bits per heavy atom. The van der Waals surface area contributed by atoms with Gasteiger partial charge in [0.25, 0.3) is 0 Å². The van der Waals surface area contributed by atoms with Crippen LogP contribution in [0.3, 0.4) is 0 Å². The fraction of sp³-hybridized carbons (Fsp3) is 0.0800. The number of rotatable bonds is 5. The standard InChI is InChI=1S/C25H20O3/c1-18-22-15-14-21(27-16-8-11-19-9-4-2-5-10-19)17-23(22)28-25(26)24(18)20-12-6-3-7-13-20/h2-15,17H,16H2,1H3/b11-8+. The molecule has 0 aliphatic heterocycles. The van der Waals surface area contributed by atoms with Gasteiger partial charge in [-0.15, -0.1) is 0 Å². The van der Waals surface area contributed by atoms with Crippen LogP contribution in [-0.4, -0.2) is 6.61 Å². The number of aryl methyl sites for hydroxylation is 1. The molecule has 0 saturated carbocycles. The van der Waals surface area contributed by atoms with Crippen LogP contribution in [0.5, 0.6) is 5.75 Å². The van der Waals surface area contributed by atoms with E-state index in [1.54, 1.807) is 6.07 Å². The molecule has 28 heavy (non-hydrogen) atoms. The number of ether oxygens (including phenoxy) is 1. The number of benzene rings is 3. The molecule has 0 N–H and O–H groups in total. The van der Waals surface area contributed by atoms with Gasteiger partial charge in [-0.25, -0.2) is 4.79 Å². The summed E-state index contributed by atoms with van der Waals surface area (Å²) in [5, 5.41) is 0.908. The maximum absolute atomic E-state index is 12.6. The summed E-state index contributed by atoms with van der Waals surface area (Å²) < 4.78 is 11.4. The minimum Gasteiger partial charge on any atom is -0.489 e. The second-order valence-corrected chi connectivity index (χ2v) is 6.54. The lowest BCUT2D eigenvalue weighted by Gasteiger charge is -2.09. The molecule has 3 heteroatoms. The van der Waals surface area contributed by atoms with Crippen LogP contribution < -0.4 is 10.4 Å². The van der Waals surface area contributed by atoms with E-state index in [0.29, 0.717) is 23.5 Å². The van der Waals surface area contributed by atoms with E-state index in [9.17, 15) is 4.79 Å². The molecule has 138 valence electrons. The van der Waals surface area contributed by atoms with E-state index < -0.39 is 0 Å². The molecule has 0 saturated heterocycles. The topological polar surface area (TPSA) is 39.4 Å². The van der Waals surface area contributed by atoms with E-state index in [1.165, 1.54) is 0 Å². The van der Waals surface area contributed by atoms with Crippen molar-refractivity contribution in [1.29, 1.82) is 0 Å². The van der Waals surface area contributed by atoms with Crippen molar-refractivity contribution < 1.29 is 9.15 Å². The summed E-state index contributed by atoms with van der Waals surface area (Å²) in [6.45, 7) is 2.39. The summed E-state index contributed by atoms with van der Waals surface area (Å²) in [6, 6.07) is 25.3. The predicted octanol–water partition coefficient (Wildman–Crippen LogP) is 5.86. The first kappa shape index (κ1) is 17.8. The maximum atomic E-state index is 12.6. The molecule has 0 radical (unpaired) electrons. The highest BCUT2D eigenvalue weighted by Gasteiger charge is 2.13. The summed E-state index contributed by atoms with van der Waals surface area (Å²) in [4.78, 5) is 12.6. The zero-order valence-electron chi connectivity index (χ0n) is 15.6. The maximum Gasteiger partial charge on any atom is 0.344 e. The highest BCUT2D eigenvalue weighted by molar-refractivity contribution is 5.87. The van der Waals surface area contributed by atoms with Crippen LogP contribution in [0.25, 0.3) is 28.2 Å². The third kappa shape index (κ3) is 3.74. The molecule has 3 nitrogen and oxygen atoms in total. The van der Waals surface area contributed by atoms with Gasteiger partial charge < -0.3 is 9.15 Å². The molecule has 3 aromatic carbocycles. The van der Waals surface area contributed by atoms with Crippen LogP contribution in [0.2, 0.25) is 0 Å². The summed E-state index contributed by atoms with van der Waals surface area (Å²) in [6.07, 6.45) is 3.97. The van der Waals surface area contributed by atoms with E-state index in [0.717, 1.165) is 22.1 Å². The minimum atomic E-state index is -0.336. The van der Waals surface area contributed by atoms with Crippen molar-refractivity contribution in [3.05, 3.63) is 106 Å². The van der Waals surface area contributed by atoms with E-state index in [2.05, 4.69) is 0 Å². The highest BCUT2D eigenvalue weighted by atomic mass is 16.5. The van der Waals surface area contributed by atoms with Crippen LogP contribution in [0.4, 0.5) is 0 Å². The zero-order valence-corrected chi connectivity index (χ0v) is 15.6. The SMILES string of the molecule is Cc1c(-c2ccccc2)c(=O)oc2cc(OC/C=C/c3ccccc3)ccc12. The molecule has 1 aromatic heterocycles. The lowest BCUT2D eigenvalue weighted by Crippen LogP contribution is -2.06. The summed E-state index contributed by atoms with van der Waals surface area (Å²) in [5.74, 6) is 0.667. The molecule has 0 fully saturated rings. The van der Waals surface area contributed by atoms with Crippen LogP contribution in [0, 0.1) is 6.92 Å². The fourth-order valence-electron chi connectivity index (χ4n) is 3.26. The first-order valence-electron chi connectivity index (χ1n) is 9.19. The lowest BCUT2D eigenvalue weighted by molar-refractivity contribution is 0.363. The van der Waals surface area contributed by atoms with Gasteiger partial charge in [0, 0.05) is 11.5 Å². The van der Waals surface area contributed by atoms with Gasteiger partial charge in [0.15, 0.2) is 0 Å². The van der Waals surface area contributed by atoms with Crippen molar-refractivity contribution in [3.8, 4) is 16.9 Å². The molecule has 0 aliphatic rings. The predicted molar refractivity (Wildman–Crippen MR) is 114 cm³/mol. The normalized spacial score (nSPS) is 11.2. The van der Waals surface area contributed by atoms with Crippen molar-refractivity contribution in [3.63, 3.8) is 0 Å². The molecule has 0 aliphatic carbocycles. The van der Waals surface area contributed by atoms with Gasteiger partial charge in [-0.3, -0.25) is 0 Å². The Labute approximate surface area is 163 Å². The second kappa shape index (κ2) is 7.97. The first-order valence-corrected chi connectivity index (χ1v) is 9.19. The van der Waals surface area contributed by atoms with Crippen molar-refractivity contribution in [2.24, 2.45) is 0 Å². The first-order chi connectivity index (χ1) is 13.7. The molecule has 1 heterocycles. The molecule has 0 atom stereocenters. The van der Waals surface area contributed by atoms with E-state index in [4.69, 9.17) is 9.15 Å². The van der Waals surface area contributed by atoms with Gasteiger partial charge in [-0.2, -0.15) is 0 Å². The van der Waals surface area contributed by atoms with Gasteiger partial charge in [0.05, 0.1) is 5.56 Å². The van der Waals surface area contributed by atoms with Crippen LogP contribution >= 0.6 is 0 Å². The zero-order chi connectivity index (χ0) is 19.3. The Morgan fingerprint density at radius 1 is 0.929 bits per heavy atom. The molecule has 0 unspecified atom stereocenters. The number of fused-ring (bicyclic) bond motifs is 1. The van der Waals surface area contributed by atoms with Crippen molar-refractivity contribution in [1.82, 2.24) is 0 Å². The fourth-order valence-corrected chi connectivity index (χ4v) is 3.26. The van der Waals surface area contributed by atoms with Crippen molar-refractivity contribution in [2.75, 3.05) is 6.61 Å². The molecule has 0 bridgehead atoms. The Morgan fingerprint density at radius 3 is 2.39 bits per heavy atom. The average Bonchev–Trinajstić information content (AvgIpc) is 2.72. The molecular weight excluding hydrogens is 348 g/mol. The van der Waals surface area contributed by atoms with E-state index >= 15 is 0 Å². The monoisotopic (exact) mass is 368 g/mol. The van der Waals surface area contributed by atoms with Gasteiger partial charge in [-0.1, -0.05) is 66.7 Å². The van der Waals surface area contributed by atoms with E-state index in [1.807, 2.05) is 91.9 Å². The minimum absolute atomic E-state index is 0.336. The summed E-state index contributed by atoms with van der Waals surface area (Å²) in [7, 11) is 0. The van der Waals surface area contributed by atoms with E-state index in [-0.39, 0.29) is 5.63 Å². The van der Waals surface area contributed by atoms with Gasteiger partial charge in [0.2, 0.25) is 0 Å². The Balaban J connectivity index is 1.58. The third-order valence-electron chi connectivity index (χ3n) is 4.66. The molecule has 4 rings (SSSR count). The molecular formula is C25H20O3. The largest absolute Gasteiger partial charge is 0.489 e. The van der Waals surface area contributed by atoms with Crippen molar-refractivity contribution in [2.45, 2.75) is 6.92 Å².